The number of aromatic nitrogens is 3. The molecule has 34 heavy (non-hydrogen) atoms. The van der Waals surface area contributed by atoms with Gasteiger partial charge in [0.25, 0.3) is 0 Å². The summed E-state index contributed by atoms with van der Waals surface area (Å²) in [5.74, 6) is 0.814. The molecular weight excluding hydrogens is 494 g/mol. The molecule has 4 aromatic rings. The molecule has 0 spiro atoms. The van der Waals surface area contributed by atoms with E-state index in [1.165, 1.54) is 0 Å². The number of hydrogen-bond donors (Lipinski definition) is 1. The van der Waals surface area contributed by atoms with Crippen molar-refractivity contribution in [2.24, 2.45) is 0 Å². The van der Waals surface area contributed by atoms with Gasteiger partial charge in [-0.25, -0.2) is 14.8 Å². The predicted octanol–water partition coefficient (Wildman–Crippen LogP) is 5.88. The summed E-state index contributed by atoms with van der Waals surface area (Å²) in [7, 11) is 0. The van der Waals surface area contributed by atoms with Crippen molar-refractivity contribution in [3.05, 3.63) is 71.6 Å². The Labute approximate surface area is 206 Å². The third-order valence-corrected chi connectivity index (χ3v) is 6.66. The first-order valence-corrected chi connectivity index (χ1v) is 12.3. The zero-order valence-electron chi connectivity index (χ0n) is 18.9. The molecule has 1 aliphatic heterocycles. The largest absolute Gasteiger partial charge is 0.450 e. The normalized spacial score (nSPS) is 14.4. The summed E-state index contributed by atoms with van der Waals surface area (Å²) in [5.41, 5.74) is 4.06. The zero-order chi connectivity index (χ0) is 23.5. The maximum atomic E-state index is 12.1. The number of halogens is 1. The number of carbonyl (C=O) groups excluding carboxylic acids is 1. The summed E-state index contributed by atoms with van der Waals surface area (Å²) in [4.78, 5) is 23.1. The maximum absolute atomic E-state index is 12.1. The van der Waals surface area contributed by atoms with E-state index in [1.54, 1.807) is 11.2 Å². The van der Waals surface area contributed by atoms with Crippen LogP contribution in [0.25, 0.3) is 27.8 Å². The van der Waals surface area contributed by atoms with Crippen LogP contribution in [0.1, 0.15) is 19.8 Å². The average molecular weight is 520 g/mol. The summed E-state index contributed by atoms with van der Waals surface area (Å²) in [6, 6.07) is 18.7. The smallest absolute Gasteiger partial charge is 0.409 e. The van der Waals surface area contributed by atoms with E-state index in [4.69, 9.17) is 4.74 Å². The van der Waals surface area contributed by atoms with Gasteiger partial charge in [-0.1, -0.05) is 46.3 Å². The van der Waals surface area contributed by atoms with Crippen LogP contribution in [0.2, 0.25) is 0 Å². The molecule has 1 aliphatic rings. The monoisotopic (exact) mass is 519 g/mol. The van der Waals surface area contributed by atoms with Gasteiger partial charge in [0.05, 0.1) is 12.0 Å². The van der Waals surface area contributed by atoms with Gasteiger partial charge in [0.2, 0.25) is 0 Å². The number of rotatable bonds is 5. The van der Waals surface area contributed by atoms with Gasteiger partial charge >= 0.3 is 6.09 Å². The third-order valence-electron chi connectivity index (χ3n) is 6.13. The van der Waals surface area contributed by atoms with E-state index in [1.807, 2.05) is 37.3 Å². The maximum Gasteiger partial charge on any atom is 0.409 e. The second kappa shape index (κ2) is 9.85. The molecule has 5 rings (SSSR count). The van der Waals surface area contributed by atoms with E-state index in [2.05, 4.69) is 66.2 Å². The highest BCUT2D eigenvalue weighted by Crippen LogP contribution is 2.36. The van der Waals surface area contributed by atoms with Crippen molar-refractivity contribution in [1.82, 2.24) is 19.4 Å². The predicted molar refractivity (Wildman–Crippen MR) is 137 cm³/mol. The van der Waals surface area contributed by atoms with Crippen LogP contribution in [0, 0.1) is 0 Å². The third kappa shape index (κ3) is 4.50. The second-order valence-corrected chi connectivity index (χ2v) is 9.20. The molecular formula is C26H26BrN5O2. The number of nitrogens with zero attached hydrogens (tertiary/aromatic N) is 4. The number of amides is 1. The van der Waals surface area contributed by atoms with Gasteiger partial charge in [-0.15, -0.1) is 0 Å². The van der Waals surface area contributed by atoms with Crippen LogP contribution in [0.4, 0.5) is 10.6 Å². The van der Waals surface area contributed by atoms with Crippen molar-refractivity contribution in [1.29, 1.82) is 0 Å². The summed E-state index contributed by atoms with van der Waals surface area (Å²) in [6.45, 7) is 3.55. The van der Waals surface area contributed by atoms with E-state index < -0.39 is 0 Å². The molecule has 1 saturated heterocycles. The highest BCUT2D eigenvalue weighted by molar-refractivity contribution is 9.10. The fourth-order valence-electron chi connectivity index (χ4n) is 4.42. The number of hydrogen-bond acceptors (Lipinski definition) is 5. The van der Waals surface area contributed by atoms with Gasteiger partial charge in [0.1, 0.15) is 12.1 Å². The van der Waals surface area contributed by atoms with Crippen LogP contribution in [0.3, 0.4) is 0 Å². The lowest BCUT2D eigenvalue weighted by Gasteiger charge is -2.32. The highest BCUT2D eigenvalue weighted by Gasteiger charge is 2.25. The van der Waals surface area contributed by atoms with Gasteiger partial charge in [-0.2, -0.15) is 0 Å². The Morgan fingerprint density at radius 1 is 1.09 bits per heavy atom. The number of benzene rings is 2. The number of carbonyl (C=O) groups is 1. The molecule has 1 N–H and O–H groups in total. The SMILES string of the molecule is CCOC(=O)N1CCC(Nc2ncnc3c2c(-c2ccccc2)cn3-c2ccc(Br)cc2)CC1. The molecule has 0 bridgehead atoms. The van der Waals surface area contributed by atoms with E-state index in [0.29, 0.717) is 19.7 Å². The molecule has 0 aliphatic carbocycles. The molecule has 0 radical (unpaired) electrons. The first kappa shape index (κ1) is 22.4. The van der Waals surface area contributed by atoms with Gasteiger partial charge in [0.15, 0.2) is 5.65 Å². The number of likely N-dealkylation sites (tertiary alicyclic amines) is 1. The fourth-order valence-corrected chi connectivity index (χ4v) is 4.69. The van der Waals surface area contributed by atoms with Gasteiger partial charge in [0, 0.05) is 41.1 Å². The zero-order valence-corrected chi connectivity index (χ0v) is 20.5. The average Bonchev–Trinajstić information content (AvgIpc) is 3.26. The highest BCUT2D eigenvalue weighted by atomic mass is 79.9. The Kier molecular flexibility index (Phi) is 6.49. The quantitative estimate of drug-likeness (QED) is 0.356. The lowest BCUT2D eigenvalue weighted by atomic mass is 10.0. The van der Waals surface area contributed by atoms with E-state index in [0.717, 1.165) is 51.0 Å². The Hall–Kier alpha value is -3.39. The Balaban J connectivity index is 1.51. The number of fused-ring (bicyclic) bond motifs is 1. The molecule has 7 nitrogen and oxygen atoms in total. The van der Waals surface area contributed by atoms with E-state index >= 15 is 0 Å². The summed E-state index contributed by atoms with van der Waals surface area (Å²) < 4.78 is 8.29. The number of ether oxygens (including phenoxy) is 1. The van der Waals surface area contributed by atoms with E-state index in [-0.39, 0.29) is 12.1 Å². The minimum atomic E-state index is -0.233. The molecule has 2 aromatic heterocycles. The van der Waals surface area contributed by atoms with Gasteiger partial charge in [-0.3, -0.25) is 0 Å². The number of piperidine rings is 1. The number of nitrogens with one attached hydrogen (secondary N) is 1. The molecule has 3 heterocycles. The van der Waals surface area contributed by atoms with E-state index in [9.17, 15) is 4.79 Å². The molecule has 0 saturated carbocycles. The fraction of sp³-hybridized carbons (Fsp3) is 0.269. The minimum Gasteiger partial charge on any atom is -0.450 e. The van der Waals surface area contributed by atoms with Crippen LogP contribution in [-0.4, -0.2) is 51.3 Å². The number of anilines is 1. The van der Waals surface area contributed by atoms with Crippen molar-refractivity contribution in [2.45, 2.75) is 25.8 Å². The van der Waals surface area contributed by atoms with Gasteiger partial charge < -0.3 is 19.5 Å². The lowest BCUT2D eigenvalue weighted by molar-refractivity contribution is 0.0983. The van der Waals surface area contributed by atoms with Crippen molar-refractivity contribution >= 4 is 38.9 Å². The molecule has 8 heteroatoms. The van der Waals surface area contributed by atoms with Crippen LogP contribution in [0.5, 0.6) is 0 Å². The second-order valence-electron chi connectivity index (χ2n) is 8.28. The standard InChI is InChI=1S/C26H26BrN5O2/c1-2-34-26(33)31-14-12-20(13-15-31)30-24-23-22(18-6-4-3-5-7-18)16-32(25(23)29-17-28-24)21-10-8-19(27)9-11-21/h3-11,16-17,20H,2,12-15H2,1H3,(H,28,29,30). The molecule has 0 atom stereocenters. The summed E-state index contributed by atoms with van der Waals surface area (Å²) in [5, 5.41) is 4.64. The van der Waals surface area contributed by atoms with Crippen LogP contribution >= 0.6 is 15.9 Å². The molecule has 2 aromatic carbocycles. The Morgan fingerprint density at radius 2 is 1.82 bits per heavy atom. The topological polar surface area (TPSA) is 72.3 Å². The first-order chi connectivity index (χ1) is 16.6. The molecule has 1 fully saturated rings. The molecule has 174 valence electrons. The van der Waals surface area contributed by atoms with Gasteiger partial charge in [-0.05, 0) is 49.6 Å². The van der Waals surface area contributed by atoms with Crippen molar-refractivity contribution in [3.63, 3.8) is 0 Å². The van der Waals surface area contributed by atoms with Crippen molar-refractivity contribution < 1.29 is 9.53 Å². The van der Waals surface area contributed by atoms with Crippen molar-refractivity contribution in [2.75, 3.05) is 25.0 Å². The van der Waals surface area contributed by atoms with Crippen LogP contribution < -0.4 is 5.32 Å². The summed E-state index contributed by atoms with van der Waals surface area (Å²) >= 11 is 3.52. The van der Waals surface area contributed by atoms with Crippen LogP contribution in [0.15, 0.2) is 71.6 Å². The lowest BCUT2D eigenvalue weighted by Crippen LogP contribution is -2.42. The Morgan fingerprint density at radius 3 is 2.53 bits per heavy atom. The Bertz CT molecular complexity index is 1280. The first-order valence-electron chi connectivity index (χ1n) is 11.5. The van der Waals surface area contributed by atoms with Crippen molar-refractivity contribution in [3.8, 4) is 16.8 Å². The van der Waals surface area contributed by atoms with Crippen LogP contribution in [-0.2, 0) is 4.74 Å². The molecule has 1 amide bonds. The minimum absolute atomic E-state index is 0.212. The summed E-state index contributed by atoms with van der Waals surface area (Å²) in [6.07, 6.45) is 5.18. The molecule has 0 unspecified atom stereocenters.